The average molecular weight is 571 g/mol. The largest absolute Gasteiger partial charge is 0.491 e. The number of ether oxygens (including phenoxy) is 6. The normalized spacial score (nSPS) is 10.5. The van der Waals surface area contributed by atoms with Crippen LogP contribution < -0.4 is 18.9 Å². The topological polar surface area (TPSA) is 167 Å². The molecule has 0 bridgehead atoms. The predicted molar refractivity (Wildman–Crippen MR) is 144 cm³/mol. The van der Waals surface area contributed by atoms with Crippen LogP contribution in [0.4, 0.5) is 0 Å². The SMILES string of the molecule is O=C(O)c1ccc(OCCOCCOc2ccc(OCCOCCOc3ccc(C(=O)O)cc3)c(C(=O)O)c2)cc1. The first kappa shape index (κ1) is 30.7. The molecule has 3 N–H and O–H groups in total. The average Bonchev–Trinajstić information content (AvgIpc) is 2.97. The van der Waals surface area contributed by atoms with Crippen LogP contribution in [0.5, 0.6) is 23.0 Å². The summed E-state index contributed by atoms with van der Waals surface area (Å²) in [5, 5.41) is 27.3. The maximum absolute atomic E-state index is 11.7. The fourth-order valence-electron chi connectivity index (χ4n) is 3.35. The molecule has 218 valence electrons. The third-order valence-electron chi connectivity index (χ3n) is 5.36. The minimum Gasteiger partial charge on any atom is -0.491 e. The lowest BCUT2D eigenvalue weighted by Gasteiger charge is -2.12. The van der Waals surface area contributed by atoms with Crippen molar-refractivity contribution in [2.45, 2.75) is 0 Å². The van der Waals surface area contributed by atoms with Gasteiger partial charge in [-0.25, -0.2) is 14.4 Å². The number of carboxylic acid groups (broad SMARTS) is 3. The van der Waals surface area contributed by atoms with Gasteiger partial charge in [0.15, 0.2) is 0 Å². The predicted octanol–water partition coefficient (Wildman–Crippen LogP) is 3.73. The van der Waals surface area contributed by atoms with Gasteiger partial charge in [-0.05, 0) is 66.7 Å². The lowest BCUT2D eigenvalue weighted by atomic mass is 10.2. The van der Waals surface area contributed by atoms with Crippen LogP contribution in [0.25, 0.3) is 0 Å². The fourth-order valence-corrected chi connectivity index (χ4v) is 3.35. The van der Waals surface area contributed by atoms with Crippen LogP contribution in [0.15, 0.2) is 66.7 Å². The summed E-state index contributed by atoms with van der Waals surface area (Å²) < 4.78 is 33.0. The lowest BCUT2D eigenvalue weighted by molar-refractivity contribution is 0.0665. The zero-order valence-electron chi connectivity index (χ0n) is 22.0. The van der Waals surface area contributed by atoms with E-state index in [0.29, 0.717) is 17.2 Å². The molecule has 0 heterocycles. The van der Waals surface area contributed by atoms with E-state index in [-0.39, 0.29) is 75.3 Å². The maximum Gasteiger partial charge on any atom is 0.339 e. The van der Waals surface area contributed by atoms with Crippen LogP contribution in [0, 0.1) is 0 Å². The van der Waals surface area contributed by atoms with Gasteiger partial charge in [-0.3, -0.25) is 0 Å². The van der Waals surface area contributed by atoms with Crippen molar-refractivity contribution in [3.8, 4) is 23.0 Å². The lowest BCUT2D eigenvalue weighted by Crippen LogP contribution is -2.14. The molecule has 0 saturated carbocycles. The molecule has 0 atom stereocenters. The van der Waals surface area contributed by atoms with Crippen molar-refractivity contribution < 1.29 is 58.1 Å². The Labute approximate surface area is 235 Å². The van der Waals surface area contributed by atoms with Crippen molar-refractivity contribution in [1.29, 1.82) is 0 Å². The number of hydrogen-bond acceptors (Lipinski definition) is 9. The van der Waals surface area contributed by atoms with Crippen molar-refractivity contribution in [3.63, 3.8) is 0 Å². The first-order valence-electron chi connectivity index (χ1n) is 12.5. The number of rotatable bonds is 19. The van der Waals surface area contributed by atoms with Gasteiger partial charge in [-0.2, -0.15) is 0 Å². The molecule has 3 aromatic rings. The smallest absolute Gasteiger partial charge is 0.339 e. The molecule has 0 aliphatic carbocycles. The molecular formula is C29H30O12. The third kappa shape index (κ3) is 10.7. The Kier molecular flexibility index (Phi) is 12.2. The van der Waals surface area contributed by atoms with E-state index >= 15 is 0 Å². The van der Waals surface area contributed by atoms with Gasteiger partial charge in [0.1, 0.15) is 55.0 Å². The summed E-state index contributed by atoms with van der Waals surface area (Å²) in [5.74, 6) is -1.62. The zero-order valence-corrected chi connectivity index (χ0v) is 22.0. The molecule has 3 aromatic carbocycles. The Morgan fingerprint density at radius 2 is 0.854 bits per heavy atom. The standard InChI is InChI=1S/C29H30O12/c30-27(31)20-1-5-22(6-2-20)38-15-11-36-13-17-40-24-9-10-26(25(19-24)29(34)35)41-18-14-37-12-16-39-23-7-3-21(4-8-23)28(32)33/h1-10,19H,11-18H2,(H,30,31)(H,32,33)(H,34,35). The quantitative estimate of drug-likeness (QED) is 0.179. The number of hydrogen-bond donors (Lipinski definition) is 3. The van der Waals surface area contributed by atoms with Crippen LogP contribution in [-0.2, 0) is 9.47 Å². The highest BCUT2D eigenvalue weighted by atomic mass is 16.6. The maximum atomic E-state index is 11.7. The van der Waals surface area contributed by atoms with Crippen molar-refractivity contribution in [1.82, 2.24) is 0 Å². The van der Waals surface area contributed by atoms with E-state index < -0.39 is 17.9 Å². The molecule has 12 heteroatoms. The van der Waals surface area contributed by atoms with Crippen LogP contribution in [0.2, 0.25) is 0 Å². The molecule has 0 aliphatic heterocycles. The molecule has 0 spiro atoms. The van der Waals surface area contributed by atoms with Crippen LogP contribution in [-0.4, -0.2) is 86.1 Å². The van der Waals surface area contributed by atoms with Crippen molar-refractivity contribution in [2.75, 3.05) is 52.9 Å². The van der Waals surface area contributed by atoms with Crippen LogP contribution >= 0.6 is 0 Å². The van der Waals surface area contributed by atoms with E-state index in [4.69, 9.17) is 38.6 Å². The van der Waals surface area contributed by atoms with Crippen LogP contribution in [0.1, 0.15) is 31.1 Å². The van der Waals surface area contributed by atoms with Crippen molar-refractivity contribution >= 4 is 17.9 Å². The second kappa shape index (κ2) is 16.3. The molecule has 0 fully saturated rings. The highest BCUT2D eigenvalue weighted by molar-refractivity contribution is 5.91. The number of carboxylic acids is 3. The van der Waals surface area contributed by atoms with E-state index in [1.807, 2.05) is 0 Å². The van der Waals surface area contributed by atoms with Gasteiger partial charge in [0.05, 0.1) is 37.6 Å². The van der Waals surface area contributed by atoms with Gasteiger partial charge in [0.25, 0.3) is 0 Å². The molecule has 0 radical (unpaired) electrons. The first-order valence-corrected chi connectivity index (χ1v) is 12.5. The van der Waals surface area contributed by atoms with Gasteiger partial charge < -0.3 is 43.7 Å². The van der Waals surface area contributed by atoms with Gasteiger partial charge in [-0.1, -0.05) is 0 Å². The molecule has 41 heavy (non-hydrogen) atoms. The molecule has 12 nitrogen and oxygen atoms in total. The Hall–Kier alpha value is -4.81. The summed E-state index contributed by atoms with van der Waals surface area (Å²) in [6, 6.07) is 16.5. The van der Waals surface area contributed by atoms with Gasteiger partial charge in [0.2, 0.25) is 0 Å². The van der Waals surface area contributed by atoms with E-state index in [2.05, 4.69) is 0 Å². The summed E-state index contributed by atoms with van der Waals surface area (Å²) in [5.41, 5.74) is 0.287. The summed E-state index contributed by atoms with van der Waals surface area (Å²) in [4.78, 5) is 33.4. The Bertz CT molecular complexity index is 1270. The zero-order chi connectivity index (χ0) is 29.5. The summed E-state index contributed by atoms with van der Waals surface area (Å²) in [6.45, 7) is 1.81. The molecule has 0 amide bonds. The second-order valence-electron chi connectivity index (χ2n) is 8.24. The number of aromatic carboxylic acids is 3. The molecule has 0 saturated heterocycles. The number of benzene rings is 3. The number of carbonyl (C=O) groups is 3. The summed E-state index contributed by atoms with van der Waals surface area (Å²) >= 11 is 0. The third-order valence-corrected chi connectivity index (χ3v) is 5.36. The van der Waals surface area contributed by atoms with Crippen molar-refractivity contribution in [3.05, 3.63) is 83.4 Å². The Morgan fingerprint density at radius 1 is 0.463 bits per heavy atom. The minimum absolute atomic E-state index is 0.0566. The molecular weight excluding hydrogens is 540 g/mol. The Morgan fingerprint density at radius 3 is 1.27 bits per heavy atom. The fraction of sp³-hybridized carbons (Fsp3) is 0.276. The minimum atomic E-state index is -1.17. The van der Waals surface area contributed by atoms with Gasteiger partial charge >= 0.3 is 17.9 Å². The summed E-state index contributed by atoms with van der Waals surface area (Å²) in [6.07, 6.45) is 0. The molecule has 0 unspecified atom stereocenters. The Balaban J connectivity index is 1.28. The highest BCUT2D eigenvalue weighted by Gasteiger charge is 2.13. The van der Waals surface area contributed by atoms with E-state index in [0.717, 1.165) is 0 Å². The monoisotopic (exact) mass is 570 g/mol. The van der Waals surface area contributed by atoms with E-state index in [9.17, 15) is 19.5 Å². The van der Waals surface area contributed by atoms with E-state index in [1.54, 1.807) is 30.3 Å². The van der Waals surface area contributed by atoms with Gasteiger partial charge in [0, 0.05) is 0 Å². The first-order chi connectivity index (χ1) is 19.8. The second-order valence-corrected chi connectivity index (χ2v) is 8.24. The van der Waals surface area contributed by atoms with Crippen LogP contribution in [0.3, 0.4) is 0 Å². The van der Waals surface area contributed by atoms with Gasteiger partial charge in [-0.15, -0.1) is 0 Å². The van der Waals surface area contributed by atoms with Crippen molar-refractivity contribution in [2.24, 2.45) is 0 Å². The molecule has 3 rings (SSSR count). The molecule has 0 aromatic heterocycles. The van der Waals surface area contributed by atoms with E-state index in [1.165, 1.54) is 36.4 Å². The highest BCUT2D eigenvalue weighted by Crippen LogP contribution is 2.24. The molecule has 0 aliphatic rings. The summed E-state index contributed by atoms with van der Waals surface area (Å²) in [7, 11) is 0.